The molecule has 0 heterocycles. The normalized spacial score (nSPS) is 10.6. The highest BCUT2D eigenvalue weighted by Crippen LogP contribution is 2.27. The van der Waals surface area contributed by atoms with Gasteiger partial charge in [-0.2, -0.15) is 0 Å². The average molecular weight is 194 g/mol. The van der Waals surface area contributed by atoms with Crippen molar-refractivity contribution >= 4 is 0 Å². The molecule has 0 unspecified atom stereocenters. The number of hydrogen-bond donors (Lipinski definition) is 1. The second-order valence-electron chi connectivity index (χ2n) is 3.86. The van der Waals surface area contributed by atoms with Crippen LogP contribution in [0.4, 0.5) is 0 Å². The molecule has 1 N–H and O–H groups in total. The van der Waals surface area contributed by atoms with Crippen molar-refractivity contribution < 1.29 is 9.84 Å². The first kappa shape index (κ1) is 10.9. The summed E-state index contributed by atoms with van der Waals surface area (Å²) in [5.74, 6) is 1.29. The number of hydrogen-bond acceptors (Lipinski definition) is 2. The highest BCUT2D eigenvalue weighted by molar-refractivity contribution is 5.41. The van der Waals surface area contributed by atoms with Gasteiger partial charge in [0.15, 0.2) is 11.5 Å². The predicted octanol–water partition coefficient (Wildman–Crippen LogP) is 2.99. The Morgan fingerprint density at radius 3 is 2.57 bits per heavy atom. The zero-order valence-corrected chi connectivity index (χ0v) is 9.08. The van der Waals surface area contributed by atoms with Gasteiger partial charge in [0.2, 0.25) is 0 Å². The lowest BCUT2D eigenvalue weighted by molar-refractivity contribution is 0.259. The third-order valence-electron chi connectivity index (χ3n) is 2.00. The summed E-state index contributed by atoms with van der Waals surface area (Å²) in [6.07, 6.45) is 0.929. The molecule has 0 aliphatic heterocycles. The molecule has 1 aromatic carbocycles. The molecule has 0 aliphatic carbocycles. The molecule has 1 rings (SSSR count). The molecule has 0 spiro atoms. The molecule has 2 nitrogen and oxygen atoms in total. The van der Waals surface area contributed by atoms with E-state index in [1.54, 1.807) is 6.07 Å². The number of rotatable bonds is 4. The summed E-state index contributed by atoms with van der Waals surface area (Å²) in [7, 11) is 0. The minimum absolute atomic E-state index is 0.241. The van der Waals surface area contributed by atoms with Gasteiger partial charge in [0.05, 0.1) is 6.61 Å². The Morgan fingerprint density at radius 1 is 1.36 bits per heavy atom. The van der Waals surface area contributed by atoms with Crippen LogP contribution in [-0.4, -0.2) is 11.7 Å². The van der Waals surface area contributed by atoms with Gasteiger partial charge in [-0.15, -0.1) is 0 Å². The lowest BCUT2D eigenvalue weighted by atomic mass is 10.1. The molecule has 14 heavy (non-hydrogen) atoms. The highest BCUT2D eigenvalue weighted by atomic mass is 16.5. The van der Waals surface area contributed by atoms with Crippen LogP contribution in [0.5, 0.6) is 11.5 Å². The van der Waals surface area contributed by atoms with E-state index in [9.17, 15) is 5.11 Å². The topological polar surface area (TPSA) is 29.5 Å². The molecule has 0 saturated heterocycles. The summed E-state index contributed by atoms with van der Waals surface area (Å²) in [5.41, 5.74) is 1.12. The van der Waals surface area contributed by atoms with Gasteiger partial charge < -0.3 is 9.84 Å². The Balaban J connectivity index is 2.69. The van der Waals surface area contributed by atoms with Crippen molar-refractivity contribution in [3.63, 3.8) is 0 Å². The van der Waals surface area contributed by atoms with Crippen molar-refractivity contribution in [2.75, 3.05) is 6.61 Å². The van der Waals surface area contributed by atoms with Crippen LogP contribution in [0.15, 0.2) is 18.2 Å². The lowest BCUT2D eigenvalue weighted by Gasteiger charge is -2.10. The van der Waals surface area contributed by atoms with Crippen LogP contribution in [0.2, 0.25) is 0 Å². The maximum Gasteiger partial charge on any atom is 0.160 e. The second-order valence-corrected chi connectivity index (χ2v) is 3.86. The minimum atomic E-state index is 0.241. The Labute approximate surface area is 85.5 Å². The van der Waals surface area contributed by atoms with Gasteiger partial charge in [-0.1, -0.05) is 26.8 Å². The number of benzene rings is 1. The van der Waals surface area contributed by atoms with Crippen LogP contribution >= 0.6 is 0 Å². The van der Waals surface area contributed by atoms with Crippen LogP contribution in [0, 0.1) is 5.92 Å². The molecule has 0 aliphatic rings. The van der Waals surface area contributed by atoms with Gasteiger partial charge >= 0.3 is 0 Å². The third-order valence-corrected chi connectivity index (χ3v) is 2.00. The Bertz CT molecular complexity index is 292. The number of phenolic OH excluding ortho intramolecular Hbond substituents is 1. The maximum atomic E-state index is 9.61. The van der Waals surface area contributed by atoms with E-state index in [1.807, 2.05) is 12.1 Å². The Morgan fingerprint density at radius 2 is 2.07 bits per heavy atom. The van der Waals surface area contributed by atoms with E-state index >= 15 is 0 Å². The molecule has 0 bridgehead atoms. The maximum absolute atomic E-state index is 9.61. The first-order valence-corrected chi connectivity index (χ1v) is 5.08. The van der Waals surface area contributed by atoms with Gasteiger partial charge in [0, 0.05) is 0 Å². The molecule has 0 aromatic heterocycles. The summed E-state index contributed by atoms with van der Waals surface area (Å²) in [6, 6.07) is 5.57. The number of phenols is 1. The summed E-state index contributed by atoms with van der Waals surface area (Å²) < 4.78 is 5.45. The lowest BCUT2D eigenvalue weighted by Crippen LogP contribution is -2.04. The first-order chi connectivity index (χ1) is 6.63. The summed E-state index contributed by atoms with van der Waals surface area (Å²) in [6.45, 7) is 6.86. The number of ether oxygens (including phenoxy) is 1. The fourth-order valence-electron chi connectivity index (χ4n) is 1.16. The second kappa shape index (κ2) is 4.89. The smallest absolute Gasteiger partial charge is 0.160 e. The summed E-state index contributed by atoms with van der Waals surface area (Å²) >= 11 is 0. The molecule has 0 radical (unpaired) electrons. The SMILES string of the molecule is CCc1ccc(OCC(C)C)c(O)c1. The van der Waals surface area contributed by atoms with E-state index in [-0.39, 0.29) is 5.75 Å². The van der Waals surface area contributed by atoms with E-state index in [0.717, 1.165) is 12.0 Å². The van der Waals surface area contributed by atoms with Crippen molar-refractivity contribution in [2.24, 2.45) is 5.92 Å². The quantitative estimate of drug-likeness (QED) is 0.798. The van der Waals surface area contributed by atoms with Gasteiger partial charge in [0.25, 0.3) is 0 Å². The van der Waals surface area contributed by atoms with E-state index in [4.69, 9.17) is 4.74 Å². The van der Waals surface area contributed by atoms with Gasteiger partial charge in [-0.3, -0.25) is 0 Å². The number of aryl methyl sites for hydroxylation is 1. The van der Waals surface area contributed by atoms with Crippen molar-refractivity contribution in [2.45, 2.75) is 27.2 Å². The highest BCUT2D eigenvalue weighted by Gasteiger charge is 2.03. The standard InChI is InChI=1S/C12H18O2/c1-4-10-5-6-12(11(13)7-10)14-8-9(2)3/h5-7,9,13H,4,8H2,1-3H3. The molecule has 0 saturated carbocycles. The summed E-state index contributed by atoms with van der Waals surface area (Å²) in [4.78, 5) is 0. The van der Waals surface area contributed by atoms with Crippen LogP contribution in [0.1, 0.15) is 26.3 Å². The molecular weight excluding hydrogens is 176 g/mol. The number of aromatic hydroxyl groups is 1. The van der Waals surface area contributed by atoms with Crippen LogP contribution in [-0.2, 0) is 6.42 Å². The van der Waals surface area contributed by atoms with Crippen molar-refractivity contribution in [1.29, 1.82) is 0 Å². The van der Waals surface area contributed by atoms with Crippen LogP contribution in [0.25, 0.3) is 0 Å². The fourth-order valence-corrected chi connectivity index (χ4v) is 1.16. The fraction of sp³-hybridized carbons (Fsp3) is 0.500. The van der Waals surface area contributed by atoms with E-state index < -0.39 is 0 Å². The predicted molar refractivity (Wildman–Crippen MR) is 57.8 cm³/mol. The Kier molecular flexibility index (Phi) is 3.81. The van der Waals surface area contributed by atoms with Gasteiger partial charge in [0.1, 0.15) is 0 Å². The molecule has 1 aromatic rings. The molecule has 0 atom stereocenters. The van der Waals surface area contributed by atoms with Gasteiger partial charge in [-0.05, 0) is 30.0 Å². The molecular formula is C12H18O2. The molecule has 0 fully saturated rings. The van der Waals surface area contributed by atoms with Crippen molar-refractivity contribution in [1.82, 2.24) is 0 Å². The minimum Gasteiger partial charge on any atom is -0.504 e. The Hall–Kier alpha value is -1.18. The van der Waals surface area contributed by atoms with E-state index in [1.165, 1.54) is 0 Å². The zero-order chi connectivity index (χ0) is 10.6. The monoisotopic (exact) mass is 194 g/mol. The molecule has 78 valence electrons. The van der Waals surface area contributed by atoms with Crippen molar-refractivity contribution in [3.8, 4) is 11.5 Å². The van der Waals surface area contributed by atoms with Crippen LogP contribution in [0.3, 0.4) is 0 Å². The third kappa shape index (κ3) is 2.95. The molecule has 2 heteroatoms. The average Bonchev–Trinajstić information content (AvgIpc) is 2.15. The largest absolute Gasteiger partial charge is 0.504 e. The van der Waals surface area contributed by atoms with E-state index in [0.29, 0.717) is 18.3 Å². The first-order valence-electron chi connectivity index (χ1n) is 5.08. The van der Waals surface area contributed by atoms with Gasteiger partial charge in [-0.25, -0.2) is 0 Å². The van der Waals surface area contributed by atoms with Crippen LogP contribution < -0.4 is 4.74 Å². The molecule has 0 amide bonds. The zero-order valence-electron chi connectivity index (χ0n) is 9.08. The van der Waals surface area contributed by atoms with Crippen molar-refractivity contribution in [3.05, 3.63) is 23.8 Å². The summed E-state index contributed by atoms with van der Waals surface area (Å²) in [5, 5.41) is 9.61. The van der Waals surface area contributed by atoms with E-state index in [2.05, 4.69) is 20.8 Å².